The van der Waals surface area contributed by atoms with E-state index in [1.165, 1.54) is 4.57 Å². The minimum Gasteiger partial charge on any atom is -0.355 e. The molecule has 0 spiro atoms. The van der Waals surface area contributed by atoms with E-state index in [4.69, 9.17) is 0 Å². The molecule has 0 bridgehead atoms. The maximum atomic E-state index is 12.1. The van der Waals surface area contributed by atoms with E-state index in [2.05, 4.69) is 38.3 Å². The monoisotopic (exact) mass is 314 g/mol. The minimum absolute atomic E-state index is 0.0734. The van der Waals surface area contributed by atoms with E-state index in [0.29, 0.717) is 11.6 Å². The molecule has 2 aromatic rings. The summed E-state index contributed by atoms with van der Waals surface area (Å²) in [4.78, 5) is 20.7. The van der Waals surface area contributed by atoms with Crippen molar-refractivity contribution in [1.29, 1.82) is 0 Å². The average molecular weight is 314 g/mol. The third-order valence-corrected chi connectivity index (χ3v) is 5.28. The predicted molar refractivity (Wildman–Crippen MR) is 93.3 cm³/mol. The quantitative estimate of drug-likeness (QED) is 0.832. The Labute approximate surface area is 131 Å². The highest BCUT2D eigenvalue weighted by molar-refractivity contribution is 8.22. The summed E-state index contributed by atoms with van der Waals surface area (Å²) < 4.78 is 1.54. The van der Waals surface area contributed by atoms with Crippen molar-refractivity contribution in [3.8, 4) is 11.3 Å². The molecule has 0 fully saturated rings. The SMILES string of the molecule is Cn1c(NCC[SH]2C=CC=C2)nc(-c2ccncc2)cc1=O. The Bertz CT molecular complexity index is 755. The van der Waals surface area contributed by atoms with Crippen LogP contribution in [0.25, 0.3) is 11.3 Å². The zero-order valence-electron chi connectivity index (χ0n) is 12.3. The fourth-order valence-electron chi connectivity index (χ4n) is 2.18. The van der Waals surface area contributed by atoms with Crippen molar-refractivity contribution >= 4 is 16.8 Å². The number of thiol groups is 1. The fourth-order valence-corrected chi connectivity index (χ4v) is 3.59. The topological polar surface area (TPSA) is 59.8 Å². The molecule has 0 unspecified atom stereocenters. The van der Waals surface area contributed by atoms with Crippen LogP contribution in [-0.4, -0.2) is 26.8 Å². The summed E-state index contributed by atoms with van der Waals surface area (Å²) in [6, 6.07) is 5.25. The van der Waals surface area contributed by atoms with Gasteiger partial charge in [-0.3, -0.25) is 14.3 Å². The van der Waals surface area contributed by atoms with Crippen molar-refractivity contribution in [2.45, 2.75) is 0 Å². The molecule has 0 atom stereocenters. The molecule has 0 saturated carbocycles. The number of hydrogen-bond donors (Lipinski definition) is 2. The van der Waals surface area contributed by atoms with Gasteiger partial charge in [-0.15, -0.1) is 0 Å². The molecule has 22 heavy (non-hydrogen) atoms. The Kier molecular flexibility index (Phi) is 4.39. The number of nitrogens with zero attached hydrogens (tertiary/aromatic N) is 3. The number of aromatic nitrogens is 3. The van der Waals surface area contributed by atoms with Crippen molar-refractivity contribution < 1.29 is 0 Å². The second-order valence-corrected chi connectivity index (χ2v) is 7.02. The van der Waals surface area contributed by atoms with Gasteiger partial charge >= 0.3 is 0 Å². The van der Waals surface area contributed by atoms with Crippen molar-refractivity contribution in [3.63, 3.8) is 0 Å². The lowest BCUT2D eigenvalue weighted by Crippen LogP contribution is -2.23. The van der Waals surface area contributed by atoms with Crippen LogP contribution in [0.2, 0.25) is 0 Å². The molecule has 1 aliphatic rings. The molecule has 5 nitrogen and oxygen atoms in total. The highest BCUT2D eigenvalue weighted by atomic mass is 32.2. The second kappa shape index (κ2) is 6.62. The van der Waals surface area contributed by atoms with Crippen molar-refractivity contribution in [1.82, 2.24) is 14.5 Å². The predicted octanol–water partition coefficient (Wildman–Crippen LogP) is 2.30. The van der Waals surface area contributed by atoms with Gasteiger partial charge in [0, 0.05) is 37.6 Å². The first-order chi connectivity index (χ1) is 10.7. The molecule has 1 aliphatic heterocycles. The highest BCUT2D eigenvalue weighted by Crippen LogP contribution is 2.31. The number of rotatable bonds is 5. The average Bonchev–Trinajstić information content (AvgIpc) is 3.05. The van der Waals surface area contributed by atoms with Gasteiger partial charge in [0.15, 0.2) is 0 Å². The Morgan fingerprint density at radius 3 is 2.68 bits per heavy atom. The molecule has 6 heteroatoms. The normalized spacial score (nSPS) is 14.5. The molecule has 0 amide bonds. The smallest absolute Gasteiger partial charge is 0.255 e. The molecular weight excluding hydrogens is 296 g/mol. The summed E-state index contributed by atoms with van der Waals surface area (Å²) in [7, 11) is 1.57. The van der Waals surface area contributed by atoms with Gasteiger partial charge in [0.05, 0.1) is 5.69 Å². The van der Waals surface area contributed by atoms with E-state index in [-0.39, 0.29) is 16.5 Å². The van der Waals surface area contributed by atoms with Gasteiger partial charge in [-0.05, 0) is 28.7 Å². The standard InChI is InChI=1S/C16H18N4OS/c1-20-15(21)12-14(13-4-6-17-7-5-13)19-16(20)18-8-11-22-9-2-3-10-22/h2-7,9-10,12,22H,8,11H2,1H3,(H,18,19). The Morgan fingerprint density at radius 1 is 1.23 bits per heavy atom. The Hall–Kier alpha value is -2.34. The van der Waals surface area contributed by atoms with Crippen LogP contribution in [0.4, 0.5) is 5.95 Å². The molecule has 1 N–H and O–H groups in total. The van der Waals surface area contributed by atoms with Gasteiger partial charge in [-0.2, -0.15) is 0 Å². The van der Waals surface area contributed by atoms with Crippen LogP contribution >= 0.6 is 10.9 Å². The number of anilines is 1. The van der Waals surface area contributed by atoms with Crippen LogP contribution in [0.1, 0.15) is 0 Å². The van der Waals surface area contributed by atoms with E-state index in [9.17, 15) is 4.79 Å². The molecule has 3 heterocycles. The molecular formula is C16H18N4OS. The van der Waals surface area contributed by atoms with Crippen LogP contribution in [-0.2, 0) is 7.05 Å². The third kappa shape index (κ3) is 3.28. The van der Waals surface area contributed by atoms with E-state index in [1.807, 2.05) is 12.1 Å². The summed E-state index contributed by atoms with van der Waals surface area (Å²) in [5.41, 5.74) is 1.48. The summed E-state index contributed by atoms with van der Waals surface area (Å²) >= 11 is 0. The number of hydrogen-bond acceptors (Lipinski definition) is 4. The summed E-state index contributed by atoms with van der Waals surface area (Å²) in [5, 5.41) is 7.74. The van der Waals surface area contributed by atoms with Crippen molar-refractivity contribution in [3.05, 3.63) is 63.9 Å². The third-order valence-electron chi connectivity index (χ3n) is 3.43. The second-order valence-electron chi connectivity index (χ2n) is 4.95. The number of pyridine rings is 1. The lowest BCUT2D eigenvalue weighted by molar-refractivity contribution is 0.828. The van der Waals surface area contributed by atoms with Crippen LogP contribution < -0.4 is 10.9 Å². The van der Waals surface area contributed by atoms with Gasteiger partial charge in [-0.25, -0.2) is 15.9 Å². The first-order valence-corrected chi connectivity index (χ1v) is 8.73. The van der Waals surface area contributed by atoms with Crippen LogP contribution in [0.3, 0.4) is 0 Å². The van der Waals surface area contributed by atoms with E-state index < -0.39 is 0 Å². The summed E-state index contributed by atoms with van der Waals surface area (Å²) in [6.07, 6.45) is 7.57. The van der Waals surface area contributed by atoms with Crippen LogP contribution in [0.5, 0.6) is 0 Å². The lowest BCUT2D eigenvalue weighted by Gasteiger charge is -2.14. The summed E-state index contributed by atoms with van der Waals surface area (Å²) in [6.45, 7) is 0.792. The number of allylic oxidation sites excluding steroid dienone is 2. The maximum absolute atomic E-state index is 12.1. The first kappa shape index (κ1) is 14.6. The van der Waals surface area contributed by atoms with Gasteiger partial charge in [0.2, 0.25) is 5.95 Å². The molecule has 0 radical (unpaired) electrons. The van der Waals surface area contributed by atoms with Gasteiger partial charge in [0.25, 0.3) is 5.56 Å². The molecule has 114 valence electrons. The van der Waals surface area contributed by atoms with Crippen molar-refractivity contribution in [2.24, 2.45) is 7.05 Å². The lowest BCUT2D eigenvalue weighted by atomic mass is 10.2. The molecule has 2 aromatic heterocycles. The first-order valence-electron chi connectivity index (χ1n) is 7.07. The Morgan fingerprint density at radius 2 is 1.95 bits per heavy atom. The molecule has 0 aliphatic carbocycles. The van der Waals surface area contributed by atoms with Gasteiger partial charge < -0.3 is 5.32 Å². The molecule has 0 aromatic carbocycles. The summed E-state index contributed by atoms with van der Waals surface area (Å²) in [5.74, 6) is 1.64. The highest BCUT2D eigenvalue weighted by Gasteiger charge is 2.07. The van der Waals surface area contributed by atoms with Gasteiger partial charge in [-0.1, -0.05) is 12.2 Å². The minimum atomic E-state index is -0.157. The molecule has 0 saturated heterocycles. The largest absolute Gasteiger partial charge is 0.355 e. The fraction of sp³-hybridized carbons (Fsp3) is 0.188. The van der Waals surface area contributed by atoms with E-state index in [1.54, 1.807) is 25.5 Å². The van der Waals surface area contributed by atoms with E-state index in [0.717, 1.165) is 17.9 Å². The van der Waals surface area contributed by atoms with Crippen molar-refractivity contribution in [2.75, 3.05) is 17.6 Å². The Balaban J connectivity index is 1.78. The maximum Gasteiger partial charge on any atom is 0.255 e. The number of nitrogens with one attached hydrogen (secondary N) is 1. The molecule has 3 rings (SSSR count). The zero-order chi connectivity index (χ0) is 15.4. The van der Waals surface area contributed by atoms with Crippen LogP contribution in [0, 0.1) is 0 Å². The van der Waals surface area contributed by atoms with Crippen LogP contribution in [0.15, 0.2) is 58.4 Å². The van der Waals surface area contributed by atoms with E-state index >= 15 is 0 Å². The van der Waals surface area contributed by atoms with Gasteiger partial charge in [0.1, 0.15) is 0 Å². The zero-order valence-corrected chi connectivity index (χ0v) is 13.2.